The fourth-order valence-electron chi connectivity index (χ4n) is 2.86. The fraction of sp³-hybridized carbons (Fsp3) is 0.636. The molecule has 0 spiro atoms. The number of nitrogens with one attached hydrogen (secondary N) is 1. The predicted octanol–water partition coefficient (Wildman–Crippen LogP) is 0.546. The molecule has 0 amide bonds. The van der Waals surface area contributed by atoms with Gasteiger partial charge in [-0.3, -0.25) is 15.6 Å². The van der Waals surface area contributed by atoms with Gasteiger partial charge in [0.25, 0.3) is 0 Å². The molecule has 6 heteroatoms. The predicted molar refractivity (Wildman–Crippen MR) is 68.3 cm³/mol. The third-order valence-electron chi connectivity index (χ3n) is 3.81. The number of nitrogens with zero attached hydrogens (tertiary/aromatic N) is 2. The van der Waals surface area contributed by atoms with Crippen molar-refractivity contribution in [2.24, 2.45) is 5.84 Å². The van der Waals surface area contributed by atoms with E-state index in [1.807, 2.05) is 6.07 Å². The number of fused-ring (bicyclic) bond motifs is 3. The molecule has 5 nitrogen and oxygen atoms in total. The third kappa shape index (κ3) is 2.04. The quantitative estimate of drug-likeness (QED) is 0.631. The smallest absolute Gasteiger partial charge is 0.137 e. The zero-order valence-electron chi connectivity index (χ0n) is 9.60. The van der Waals surface area contributed by atoms with Crippen molar-refractivity contribution in [1.29, 1.82) is 0 Å². The molecule has 0 aliphatic carbocycles. The zero-order valence-corrected chi connectivity index (χ0v) is 11.2. The molecule has 3 fully saturated rings. The number of rotatable bonds is 3. The summed E-state index contributed by atoms with van der Waals surface area (Å²) in [7, 11) is 0. The van der Waals surface area contributed by atoms with Crippen LogP contribution in [0.4, 0.5) is 0 Å². The SMILES string of the molecule is NNC(c1occc1Br)C1CN2CCN1CC2. The summed E-state index contributed by atoms with van der Waals surface area (Å²) in [5.41, 5.74) is 2.91. The Balaban J connectivity index is 1.84. The molecule has 0 saturated carbocycles. The first-order valence-electron chi connectivity index (χ1n) is 5.95. The number of piperazine rings is 3. The van der Waals surface area contributed by atoms with E-state index in [0.717, 1.165) is 29.9 Å². The van der Waals surface area contributed by atoms with E-state index in [1.165, 1.54) is 13.1 Å². The van der Waals surface area contributed by atoms with Crippen molar-refractivity contribution in [1.82, 2.24) is 15.2 Å². The topological polar surface area (TPSA) is 57.7 Å². The highest BCUT2D eigenvalue weighted by Gasteiger charge is 2.38. The molecule has 2 atom stereocenters. The summed E-state index contributed by atoms with van der Waals surface area (Å²) >= 11 is 3.51. The Morgan fingerprint density at radius 1 is 1.41 bits per heavy atom. The van der Waals surface area contributed by atoms with Crippen molar-refractivity contribution in [3.05, 3.63) is 22.6 Å². The summed E-state index contributed by atoms with van der Waals surface area (Å²) in [4.78, 5) is 4.99. The number of hydrogen-bond donors (Lipinski definition) is 2. The fourth-order valence-corrected chi connectivity index (χ4v) is 3.31. The van der Waals surface area contributed by atoms with Crippen LogP contribution in [0.2, 0.25) is 0 Å². The number of halogens is 1. The molecule has 4 heterocycles. The van der Waals surface area contributed by atoms with Gasteiger partial charge in [-0.1, -0.05) is 0 Å². The molecule has 17 heavy (non-hydrogen) atoms. The van der Waals surface area contributed by atoms with E-state index < -0.39 is 0 Å². The van der Waals surface area contributed by atoms with Crippen LogP contribution in [0.25, 0.3) is 0 Å². The lowest BCUT2D eigenvalue weighted by Crippen LogP contribution is -2.64. The van der Waals surface area contributed by atoms with E-state index >= 15 is 0 Å². The molecule has 0 radical (unpaired) electrons. The Bertz CT molecular complexity index is 389. The minimum atomic E-state index is 0.0440. The number of furan rings is 1. The lowest BCUT2D eigenvalue weighted by Gasteiger charge is -2.49. The minimum absolute atomic E-state index is 0.0440. The molecule has 2 bridgehead atoms. The van der Waals surface area contributed by atoms with Crippen LogP contribution in [0.1, 0.15) is 11.8 Å². The van der Waals surface area contributed by atoms with Crippen molar-refractivity contribution in [3.63, 3.8) is 0 Å². The molecule has 3 N–H and O–H groups in total. The van der Waals surface area contributed by atoms with Gasteiger partial charge in [0.1, 0.15) is 5.76 Å². The molecule has 3 saturated heterocycles. The van der Waals surface area contributed by atoms with Gasteiger partial charge in [0.05, 0.1) is 16.8 Å². The van der Waals surface area contributed by atoms with E-state index in [-0.39, 0.29) is 6.04 Å². The van der Waals surface area contributed by atoms with Crippen LogP contribution in [0.3, 0.4) is 0 Å². The summed E-state index contributed by atoms with van der Waals surface area (Å²) in [6.45, 7) is 5.66. The van der Waals surface area contributed by atoms with Gasteiger partial charge in [0.15, 0.2) is 0 Å². The molecule has 3 aliphatic rings. The molecule has 4 rings (SSSR count). The van der Waals surface area contributed by atoms with E-state index in [9.17, 15) is 0 Å². The minimum Gasteiger partial charge on any atom is -0.466 e. The first-order chi connectivity index (χ1) is 8.29. The Morgan fingerprint density at radius 3 is 2.65 bits per heavy atom. The molecule has 0 aromatic carbocycles. The summed E-state index contributed by atoms with van der Waals surface area (Å²) < 4.78 is 6.53. The molecular formula is C11H17BrN4O. The lowest BCUT2D eigenvalue weighted by molar-refractivity contribution is -0.00704. The highest BCUT2D eigenvalue weighted by molar-refractivity contribution is 9.10. The number of nitrogens with two attached hydrogens (primary N) is 1. The molecule has 1 aromatic rings. The summed E-state index contributed by atoms with van der Waals surface area (Å²) in [5.74, 6) is 6.61. The van der Waals surface area contributed by atoms with Gasteiger partial charge in [-0.05, 0) is 22.0 Å². The number of hydrogen-bond acceptors (Lipinski definition) is 5. The maximum atomic E-state index is 5.72. The summed E-state index contributed by atoms with van der Waals surface area (Å²) in [6, 6.07) is 2.35. The van der Waals surface area contributed by atoms with Crippen molar-refractivity contribution < 1.29 is 4.42 Å². The average molecular weight is 301 g/mol. The highest BCUT2D eigenvalue weighted by atomic mass is 79.9. The van der Waals surface area contributed by atoms with Crippen molar-refractivity contribution >= 4 is 15.9 Å². The van der Waals surface area contributed by atoms with Crippen LogP contribution in [0.15, 0.2) is 21.2 Å². The molecule has 3 aliphatic heterocycles. The van der Waals surface area contributed by atoms with Gasteiger partial charge < -0.3 is 4.42 Å². The Morgan fingerprint density at radius 2 is 2.18 bits per heavy atom. The van der Waals surface area contributed by atoms with E-state index in [0.29, 0.717) is 6.04 Å². The van der Waals surface area contributed by atoms with E-state index in [2.05, 4.69) is 31.2 Å². The molecule has 1 aromatic heterocycles. The summed E-state index contributed by atoms with van der Waals surface area (Å²) in [5, 5.41) is 0. The monoisotopic (exact) mass is 300 g/mol. The van der Waals surface area contributed by atoms with Gasteiger partial charge in [0, 0.05) is 38.8 Å². The lowest BCUT2D eigenvalue weighted by atomic mass is 9.99. The first-order valence-corrected chi connectivity index (χ1v) is 6.74. The Hall–Kier alpha value is -0.400. The normalized spacial score (nSPS) is 33.9. The maximum absolute atomic E-state index is 5.72. The van der Waals surface area contributed by atoms with E-state index in [1.54, 1.807) is 6.26 Å². The highest BCUT2D eigenvalue weighted by Crippen LogP contribution is 2.31. The van der Waals surface area contributed by atoms with Crippen LogP contribution in [-0.4, -0.2) is 48.6 Å². The Kier molecular flexibility index (Phi) is 3.23. The van der Waals surface area contributed by atoms with Crippen LogP contribution in [0, 0.1) is 0 Å². The first kappa shape index (κ1) is 11.7. The van der Waals surface area contributed by atoms with Crippen LogP contribution in [-0.2, 0) is 0 Å². The van der Waals surface area contributed by atoms with Gasteiger partial charge in [0.2, 0.25) is 0 Å². The molecule has 94 valence electrons. The second-order valence-corrected chi connectivity index (χ2v) is 5.54. The maximum Gasteiger partial charge on any atom is 0.137 e. The van der Waals surface area contributed by atoms with E-state index in [4.69, 9.17) is 10.3 Å². The van der Waals surface area contributed by atoms with Gasteiger partial charge in [-0.25, -0.2) is 5.43 Å². The molecular weight excluding hydrogens is 284 g/mol. The number of hydrazine groups is 1. The van der Waals surface area contributed by atoms with Gasteiger partial charge in [-0.15, -0.1) is 0 Å². The second-order valence-electron chi connectivity index (χ2n) is 4.68. The average Bonchev–Trinajstić information content (AvgIpc) is 2.79. The second kappa shape index (κ2) is 4.70. The summed E-state index contributed by atoms with van der Waals surface area (Å²) in [6.07, 6.45) is 1.69. The van der Waals surface area contributed by atoms with Gasteiger partial charge in [-0.2, -0.15) is 0 Å². The molecule has 2 unspecified atom stereocenters. The Labute approximate surface area is 109 Å². The third-order valence-corrected chi connectivity index (χ3v) is 4.47. The zero-order chi connectivity index (χ0) is 11.8. The standard InChI is InChI=1S/C11H17BrN4O/c12-8-1-6-17-11(8)10(14-13)9-7-15-2-4-16(9)5-3-15/h1,6,9-10,14H,2-5,7,13H2. The van der Waals surface area contributed by atoms with Gasteiger partial charge >= 0.3 is 0 Å². The van der Waals surface area contributed by atoms with Crippen LogP contribution < -0.4 is 11.3 Å². The largest absolute Gasteiger partial charge is 0.466 e. The van der Waals surface area contributed by atoms with Crippen molar-refractivity contribution in [2.45, 2.75) is 12.1 Å². The van der Waals surface area contributed by atoms with Crippen LogP contribution >= 0.6 is 15.9 Å². The van der Waals surface area contributed by atoms with Crippen LogP contribution in [0.5, 0.6) is 0 Å². The van der Waals surface area contributed by atoms with Crippen molar-refractivity contribution in [3.8, 4) is 0 Å². The van der Waals surface area contributed by atoms with Crippen molar-refractivity contribution in [2.75, 3.05) is 32.7 Å².